The first kappa shape index (κ1) is 17.8. The zero-order chi connectivity index (χ0) is 17.5. The van der Waals surface area contributed by atoms with Crippen LogP contribution in [0.1, 0.15) is 26.7 Å². The Morgan fingerprint density at radius 3 is 2.42 bits per heavy atom. The zero-order valence-electron chi connectivity index (χ0n) is 14.1. The molecule has 1 heterocycles. The molecule has 24 heavy (non-hydrogen) atoms. The Morgan fingerprint density at radius 2 is 1.79 bits per heavy atom. The molecule has 1 N–H and O–H groups in total. The summed E-state index contributed by atoms with van der Waals surface area (Å²) in [5, 5.41) is 2.73. The lowest BCUT2D eigenvalue weighted by molar-refractivity contribution is -0.143. The number of ether oxygens (including phenoxy) is 1. The number of hydrogen-bond donors (Lipinski definition) is 1. The number of hydrogen-bond acceptors (Lipinski definition) is 4. The summed E-state index contributed by atoms with van der Waals surface area (Å²) in [7, 11) is 0. The molecular weight excluding hydrogens is 310 g/mol. The fraction of sp³-hybridized carbons (Fsp3) is 0.471. The number of esters is 1. The normalized spacial score (nSPS) is 10.8. The summed E-state index contributed by atoms with van der Waals surface area (Å²) in [6, 6.07) is 7.41. The molecule has 2 rings (SSSR count). The maximum atomic E-state index is 12.4. The number of para-hydroxylation sites is 2. The molecule has 0 aliphatic carbocycles. The molecular formula is C17H23N3O4. The van der Waals surface area contributed by atoms with E-state index in [0.29, 0.717) is 26.1 Å². The maximum absolute atomic E-state index is 12.4. The lowest BCUT2D eigenvalue weighted by Crippen LogP contribution is -2.33. The average Bonchev–Trinajstić information content (AvgIpc) is 2.84. The van der Waals surface area contributed by atoms with E-state index in [1.807, 2.05) is 31.2 Å². The highest BCUT2D eigenvalue weighted by Gasteiger charge is 2.14. The second-order valence-electron chi connectivity index (χ2n) is 5.36. The van der Waals surface area contributed by atoms with E-state index < -0.39 is 0 Å². The second kappa shape index (κ2) is 8.33. The molecule has 0 spiro atoms. The summed E-state index contributed by atoms with van der Waals surface area (Å²) in [6.07, 6.45) is 0.777. The van der Waals surface area contributed by atoms with Crippen molar-refractivity contribution in [2.75, 3.05) is 13.2 Å². The van der Waals surface area contributed by atoms with Crippen LogP contribution < -0.4 is 11.0 Å². The summed E-state index contributed by atoms with van der Waals surface area (Å²) < 4.78 is 7.94. The first-order chi connectivity index (χ1) is 11.6. The number of amides is 1. The zero-order valence-corrected chi connectivity index (χ0v) is 14.1. The minimum Gasteiger partial charge on any atom is -0.466 e. The molecule has 0 radical (unpaired) electrons. The molecule has 1 aromatic heterocycles. The van der Waals surface area contributed by atoms with Gasteiger partial charge in [-0.05, 0) is 32.4 Å². The van der Waals surface area contributed by atoms with Gasteiger partial charge in [0, 0.05) is 19.5 Å². The van der Waals surface area contributed by atoms with Crippen LogP contribution in [0.3, 0.4) is 0 Å². The Bertz CT molecular complexity index is 776. The van der Waals surface area contributed by atoms with E-state index in [9.17, 15) is 14.4 Å². The molecule has 1 amide bonds. The molecule has 130 valence electrons. The van der Waals surface area contributed by atoms with Gasteiger partial charge in [-0.3, -0.25) is 18.7 Å². The van der Waals surface area contributed by atoms with E-state index in [1.54, 1.807) is 11.5 Å². The van der Waals surface area contributed by atoms with Crippen molar-refractivity contribution in [1.82, 2.24) is 14.5 Å². The fourth-order valence-corrected chi connectivity index (χ4v) is 2.62. The summed E-state index contributed by atoms with van der Waals surface area (Å²) >= 11 is 0. The summed E-state index contributed by atoms with van der Waals surface area (Å²) in [4.78, 5) is 35.7. The van der Waals surface area contributed by atoms with Gasteiger partial charge in [0.1, 0.15) is 6.54 Å². The van der Waals surface area contributed by atoms with Crippen LogP contribution in [0.25, 0.3) is 11.0 Å². The van der Waals surface area contributed by atoms with Crippen molar-refractivity contribution >= 4 is 22.9 Å². The van der Waals surface area contributed by atoms with Crippen molar-refractivity contribution in [3.63, 3.8) is 0 Å². The largest absolute Gasteiger partial charge is 0.466 e. The van der Waals surface area contributed by atoms with E-state index in [1.165, 1.54) is 4.57 Å². The molecule has 2 aromatic rings. The monoisotopic (exact) mass is 333 g/mol. The maximum Gasteiger partial charge on any atom is 0.329 e. The minimum absolute atomic E-state index is 0.0360. The number of fused-ring (bicyclic) bond motifs is 1. The number of benzene rings is 1. The first-order valence-corrected chi connectivity index (χ1v) is 8.18. The number of imidazole rings is 1. The number of aryl methyl sites for hydroxylation is 1. The van der Waals surface area contributed by atoms with E-state index in [2.05, 4.69) is 5.32 Å². The number of rotatable bonds is 8. The van der Waals surface area contributed by atoms with Gasteiger partial charge in [-0.1, -0.05) is 12.1 Å². The number of nitrogens with one attached hydrogen (secondary N) is 1. The SMILES string of the molecule is CCOC(=O)CCCNC(=O)Cn1c(=O)n(CC)c2ccccc21. The Kier molecular flexibility index (Phi) is 6.17. The van der Waals surface area contributed by atoms with Crippen LogP contribution in [0.15, 0.2) is 29.1 Å². The average molecular weight is 333 g/mol. The Balaban J connectivity index is 1.97. The Labute approximate surface area is 140 Å². The van der Waals surface area contributed by atoms with E-state index in [0.717, 1.165) is 11.0 Å². The third-order valence-electron chi connectivity index (χ3n) is 3.73. The number of aromatic nitrogens is 2. The number of nitrogens with zero attached hydrogens (tertiary/aromatic N) is 2. The molecule has 1 aromatic carbocycles. The summed E-state index contributed by atoms with van der Waals surface area (Å²) in [5.41, 5.74) is 1.37. The molecule has 0 saturated heterocycles. The van der Waals surface area contributed by atoms with Gasteiger partial charge >= 0.3 is 11.7 Å². The Hall–Kier alpha value is -2.57. The standard InChI is InChI=1S/C17H23N3O4/c1-3-19-13-8-5-6-9-14(13)20(17(19)23)12-15(21)18-11-7-10-16(22)24-4-2/h5-6,8-9H,3-4,7,10-12H2,1-2H3,(H,18,21). The highest BCUT2D eigenvalue weighted by atomic mass is 16.5. The minimum atomic E-state index is -0.269. The van der Waals surface area contributed by atoms with Gasteiger partial charge in [-0.25, -0.2) is 4.79 Å². The van der Waals surface area contributed by atoms with Gasteiger partial charge in [0.15, 0.2) is 0 Å². The molecule has 7 nitrogen and oxygen atoms in total. The molecule has 0 aliphatic rings. The predicted molar refractivity (Wildman–Crippen MR) is 90.7 cm³/mol. The summed E-state index contributed by atoms with van der Waals surface area (Å²) in [5.74, 6) is -0.519. The topological polar surface area (TPSA) is 82.3 Å². The van der Waals surface area contributed by atoms with Crippen LogP contribution in [0.4, 0.5) is 0 Å². The molecule has 0 unspecified atom stereocenters. The van der Waals surface area contributed by atoms with Crippen molar-refractivity contribution in [3.8, 4) is 0 Å². The van der Waals surface area contributed by atoms with Gasteiger partial charge < -0.3 is 10.1 Å². The van der Waals surface area contributed by atoms with Gasteiger partial charge in [0.2, 0.25) is 5.91 Å². The van der Waals surface area contributed by atoms with Crippen LogP contribution in [-0.2, 0) is 27.4 Å². The van der Waals surface area contributed by atoms with Crippen LogP contribution >= 0.6 is 0 Å². The molecule has 0 atom stereocenters. The molecule has 7 heteroatoms. The molecule has 0 saturated carbocycles. The molecule has 0 bridgehead atoms. The van der Waals surface area contributed by atoms with E-state index >= 15 is 0 Å². The van der Waals surface area contributed by atoms with Crippen LogP contribution in [-0.4, -0.2) is 34.2 Å². The highest BCUT2D eigenvalue weighted by molar-refractivity contribution is 5.81. The van der Waals surface area contributed by atoms with Gasteiger partial charge in [-0.2, -0.15) is 0 Å². The predicted octanol–water partition coefficient (Wildman–Crippen LogP) is 1.28. The Morgan fingerprint density at radius 1 is 1.12 bits per heavy atom. The van der Waals surface area contributed by atoms with Crippen molar-refractivity contribution in [2.24, 2.45) is 0 Å². The quantitative estimate of drug-likeness (QED) is 0.583. The lowest BCUT2D eigenvalue weighted by atomic mass is 10.3. The van der Waals surface area contributed by atoms with Crippen LogP contribution in [0.5, 0.6) is 0 Å². The third-order valence-corrected chi connectivity index (χ3v) is 3.73. The van der Waals surface area contributed by atoms with Gasteiger partial charge in [0.05, 0.1) is 17.6 Å². The van der Waals surface area contributed by atoms with Crippen LogP contribution in [0.2, 0.25) is 0 Å². The summed E-state index contributed by atoms with van der Waals surface area (Å²) in [6.45, 7) is 4.89. The van der Waals surface area contributed by atoms with E-state index in [4.69, 9.17) is 4.74 Å². The van der Waals surface area contributed by atoms with Crippen LogP contribution in [0, 0.1) is 0 Å². The second-order valence-corrected chi connectivity index (χ2v) is 5.36. The highest BCUT2D eigenvalue weighted by Crippen LogP contribution is 2.12. The smallest absolute Gasteiger partial charge is 0.329 e. The lowest BCUT2D eigenvalue weighted by Gasteiger charge is -2.06. The van der Waals surface area contributed by atoms with E-state index in [-0.39, 0.29) is 30.5 Å². The fourth-order valence-electron chi connectivity index (χ4n) is 2.62. The van der Waals surface area contributed by atoms with Gasteiger partial charge in [0.25, 0.3) is 0 Å². The van der Waals surface area contributed by atoms with Crippen molar-refractivity contribution in [3.05, 3.63) is 34.7 Å². The number of carbonyl (C=O) groups excluding carboxylic acids is 2. The van der Waals surface area contributed by atoms with Crippen molar-refractivity contribution < 1.29 is 14.3 Å². The first-order valence-electron chi connectivity index (χ1n) is 8.18. The van der Waals surface area contributed by atoms with Crippen molar-refractivity contribution in [2.45, 2.75) is 39.8 Å². The van der Waals surface area contributed by atoms with Crippen molar-refractivity contribution in [1.29, 1.82) is 0 Å². The molecule has 0 fully saturated rings. The van der Waals surface area contributed by atoms with Gasteiger partial charge in [-0.15, -0.1) is 0 Å². The third kappa shape index (κ3) is 4.04. The number of carbonyl (C=O) groups is 2. The molecule has 0 aliphatic heterocycles.